The Balaban J connectivity index is 2.07. The van der Waals surface area contributed by atoms with Gasteiger partial charge in [-0.1, -0.05) is 12.1 Å². The van der Waals surface area contributed by atoms with Gasteiger partial charge in [-0.3, -0.25) is 0 Å². The molecule has 88 valence electrons. The minimum atomic E-state index is -1.11. The Kier molecular flexibility index (Phi) is 3.44. The topological polar surface area (TPSA) is 18.5 Å². The quantitative estimate of drug-likeness (QED) is 0.786. The van der Waals surface area contributed by atoms with Gasteiger partial charge in [-0.05, 0) is 17.7 Å². The molecule has 0 aliphatic carbocycles. The van der Waals surface area contributed by atoms with Crippen LogP contribution in [-0.2, 0) is 11.2 Å². The Morgan fingerprint density at radius 3 is 2.81 bits per heavy atom. The van der Waals surface area contributed by atoms with Gasteiger partial charge in [0.2, 0.25) is 0 Å². The second-order valence-electron chi connectivity index (χ2n) is 4.29. The minimum Gasteiger partial charge on any atom is -0.497 e. The lowest BCUT2D eigenvalue weighted by Gasteiger charge is -2.29. The van der Waals surface area contributed by atoms with Crippen molar-refractivity contribution in [1.29, 1.82) is 0 Å². The van der Waals surface area contributed by atoms with Crippen molar-refractivity contribution in [1.82, 2.24) is 0 Å². The largest absolute Gasteiger partial charge is 0.497 e. The molecule has 0 amide bonds. The van der Waals surface area contributed by atoms with Crippen LogP contribution in [0.15, 0.2) is 24.3 Å². The summed E-state index contributed by atoms with van der Waals surface area (Å²) in [7, 11) is 1.62. The van der Waals surface area contributed by atoms with Crippen molar-refractivity contribution in [3.63, 3.8) is 0 Å². The van der Waals surface area contributed by atoms with Gasteiger partial charge in [-0.15, -0.1) is 0 Å². The van der Waals surface area contributed by atoms with E-state index in [1.165, 1.54) is 0 Å². The molecule has 1 saturated heterocycles. The summed E-state index contributed by atoms with van der Waals surface area (Å²) in [5.74, 6) is 0.785. The maximum absolute atomic E-state index is 14.4. The average Bonchev–Trinajstić information content (AvgIpc) is 2.29. The second-order valence-corrected chi connectivity index (χ2v) is 4.29. The predicted octanol–water partition coefficient (Wildman–Crippen LogP) is 2.76. The van der Waals surface area contributed by atoms with Crippen molar-refractivity contribution in [3.8, 4) is 5.75 Å². The van der Waals surface area contributed by atoms with Gasteiger partial charge in [0.15, 0.2) is 0 Å². The van der Waals surface area contributed by atoms with Crippen molar-refractivity contribution >= 4 is 0 Å². The molecule has 0 saturated carbocycles. The van der Waals surface area contributed by atoms with Crippen LogP contribution in [0.1, 0.15) is 18.4 Å². The summed E-state index contributed by atoms with van der Waals surface area (Å²) in [4.78, 5) is 0. The zero-order chi connectivity index (χ0) is 11.4. The molecule has 1 aromatic carbocycles. The molecule has 0 radical (unpaired) electrons. The zero-order valence-corrected chi connectivity index (χ0v) is 9.54. The predicted molar refractivity (Wildman–Crippen MR) is 60.6 cm³/mol. The lowest BCUT2D eigenvalue weighted by atomic mass is 9.89. The lowest BCUT2D eigenvalue weighted by molar-refractivity contribution is -0.00817. The molecule has 0 aromatic heterocycles. The van der Waals surface area contributed by atoms with Crippen LogP contribution in [0.3, 0.4) is 0 Å². The molecule has 0 unspecified atom stereocenters. The molecule has 2 rings (SSSR count). The van der Waals surface area contributed by atoms with E-state index in [0.717, 1.165) is 11.3 Å². The molecule has 16 heavy (non-hydrogen) atoms. The molecule has 1 heterocycles. The third-order valence-corrected chi connectivity index (χ3v) is 3.04. The second kappa shape index (κ2) is 4.83. The van der Waals surface area contributed by atoms with E-state index in [2.05, 4.69) is 0 Å². The maximum atomic E-state index is 14.4. The van der Waals surface area contributed by atoms with Crippen LogP contribution in [0.25, 0.3) is 0 Å². The SMILES string of the molecule is COc1cccc(CC2(F)CCOCC2)c1. The Labute approximate surface area is 95.4 Å². The molecule has 1 aliphatic heterocycles. The number of alkyl halides is 1. The lowest BCUT2D eigenvalue weighted by Crippen LogP contribution is -2.33. The average molecular weight is 224 g/mol. The fourth-order valence-corrected chi connectivity index (χ4v) is 2.06. The number of benzene rings is 1. The molecule has 2 nitrogen and oxygen atoms in total. The Bertz CT molecular complexity index is 346. The first-order valence-electron chi connectivity index (χ1n) is 5.61. The molecular weight excluding hydrogens is 207 g/mol. The highest BCUT2D eigenvalue weighted by atomic mass is 19.1. The van der Waals surface area contributed by atoms with E-state index in [-0.39, 0.29) is 0 Å². The normalized spacial score (nSPS) is 19.4. The number of hydrogen-bond donors (Lipinski definition) is 0. The van der Waals surface area contributed by atoms with Gasteiger partial charge in [-0.2, -0.15) is 0 Å². The van der Waals surface area contributed by atoms with E-state index in [9.17, 15) is 4.39 Å². The van der Waals surface area contributed by atoms with Crippen LogP contribution in [0.4, 0.5) is 4.39 Å². The summed E-state index contributed by atoms with van der Waals surface area (Å²) >= 11 is 0. The minimum absolute atomic E-state index is 0.452. The molecule has 1 aliphatic rings. The van der Waals surface area contributed by atoms with E-state index < -0.39 is 5.67 Å². The van der Waals surface area contributed by atoms with Gasteiger partial charge in [0.05, 0.1) is 7.11 Å². The van der Waals surface area contributed by atoms with Crippen molar-refractivity contribution in [2.75, 3.05) is 20.3 Å². The zero-order valence-electron chi connectivity index (χ0n) is 9.54. The number of methoxy groups -OCH3 is 1. The maximum Gasteiger partial charge on any atom is 0.119 e. The van der Waals surface area contributed by atoms with E-state index in [4.69, 9.17) is 9.47 Å². The van der Waals surface area contributed by atoms with Gasteiger partial charge in [0, 0.05) is 32.5 Å². The van der Waals surface area contributed by atoms with Crippen molar-refractivity contribution in [2.45, 2.75) is 24.9 Å². The fraction of sp³-hybridized carbons (Fsp3) is 0.538. The molecule has 0 bridgehead atoms. The summed E-state index contributed by atoms with van der Waals surface area (Å²) in [6, 6.07) is 7.62. The summed E-state index contributed by atoms with van der Waals surface area (Å²) in [6.45, 7) is 1.06. The first-order valence-corrected chi connectivity index (χ1v) is 5.61. The van der Waals surface area contributed by atoms with Gasteiger partial charge in [0.25, 0.3) is 0 Å². The number of rotatable bonds is 3. The van der Waals surface area contributed by atoms with E-state index in [0.29, 0.717) is 32.5 Å². The fourth-order valence-electron chi connectivity index (χ4n) is 2.06. The van der Waals surface area contributed by atoms with Crippen LogP contribution in [0, 0.1) is 0 Å². The van der Waals surface area contributed by atoms with Gasteiger partial charge < -0.3 is 9.47 Å². The highest BCUT2D eigenvalue weighted by Gasteiger charge is 2.32. The van der Waals surface area contributed by atoms with Crippen LogP contribution in [0.2, 0.25) is 0 Å². The highest BCUT2D eigenvalue weighted by molar-refractivity contribution is 5.29. The van der Waals surface area contributed by atoms with E-state index in [1.807, 2.05) is 24.3 Å². The Hall–Kier alpha value is -1.09. The van der Waals surface area contributed by atoms with Crippen LogP contribution >= 0.6 is 0 Å². The van der Waals surface area contributed by atoms with Crippen LogP contribution in [0.5, 0.6) is 5.75 Å². The molecule has 0 spiro atoms. The summed E-state index contributed by atoms with van der Waals surface area (Å²) < 4.78 is 24.7. The van der Waals surface area contributed by atoms with Crippen molar-refractivity contribution < 1.29 is 13.9 Å². The van der Waals surface area contributed by atoms with Gasteiger partial charge in [-0.25, -0.2) is 4.39 Å². The molecular formula is C13H17FO2. The summed E-state index contributed by atoms with van der Waals surface area (Å²) in [5, 5.41) is 0. The Morgan fingerprint density at radius 2 is 2.12 bits per heavy atom. The number of halogens is 1. The molecule has 3 heteroatoms. The van der Waals surface area contributed by atoms with Crippen LogP contribution < -0.4 is 4.74 Å². The molecule has 0 atom stereocenters. The monoisotopic (exact) mass is 224 g/mol. The van der Waals surface area contributed by atoms with E-state index in [1.54, 1.807) is 7.11 Å². The number of hydrogen-bond acceptors (Lipinski definition) is 2. The first kappa shape index (κ1) is 11.4. The molecule has 0 N–H and O–H groups in total. The highest BCUT2D eigenvalue weighted by Crippen LogP contribution is 2.30. The third-order valence-electron chi connectivity index (χ3n) is 3.04. The summed E-state index contributed by atoms with van der Waals surface area (Å²) in [6.07, 6.45) is 1.43. The van der Waals surface area contributed by atoms with Crippen molar-refractivity contribution in [2.24, 2.45) is 0 Å². The summed E-state index contributed by atoms with van der Waals surface area (Å²) in [5.41, 5.74) is -0.117. The first-order chi connectivity index (χ1) is 7.72. The van der Waals surface area contributed by atoms with Crippen LogP contribution in [-0.4, -0.2) is 26.0 Å². The van der Waals surface area contributed by atoms with Crippen molar-refractivity contribution in [3.05, 3.63) is 29.8 Å². The van der Waals surface area contributed by atoms with Gasteiger partial charge >= 0.3 is 0 Å². The Morgan fingerprint density at radius 1 is 1.38 bits per heavy atom. The third kappa shape index (κ3) is 2.73. The van der Waals surface area contributed by atoms with E-state index >= 15 is 0 Å². The smallest absolute Gasteiger partial charge is 0.119 e. The molecule has 1 fully saturated rings. The standard InChI is InChI=1S/C13H17FO2/c1-15-12-4-2-3-11(9-12)10-13(14)5-7-16-8-6-13/h2-4,9H,5-8,10H2,1H3. The number of ether oxygens (including phenoxy) is 2. The van der Waals surface area contributed by atoms with Gasteiger partial charge in [0.1, 0.15) is 11.4 Å². The molecule has 1 aromatic rings.